The van der Waals surface area contributed by atoms with E-state index in [1.54, 1.807) is 6.07 Å². The van der Waals surface area contributed by atoms with Crippen LogP contribution in [0, 0.1) is 0 Å². The number of aromatic nitrogens is 3. The Morgan fingerprint density at radius 1 is 1.60 bits per heavy atom. The topological polar surface area (TPSA) is 99.2 Å². The molecule has 0 saturated heterocycles. The molecule has 8 nitrogen and oxygen atoms in total. The normalized spacial score (nSPS) is 10.3. The van der Waals surface area contributed by atoms with Crippen LogP contribution in [-0.2, 0) is 22.6 Å². The summed E-state index contributed by atoms with van der Waals surface area (Å²) in [6.07, 6.45) is 2.79. The molecule has 0 spiro atoms. The van der Waals surface area contributed by atoms with Gasteiger partial charge in [0, 0.05) is 6.07 Å². The number of carbonyl (C=O) groups is 1. The minimum Gasteiger partial charge on any atom is -0.468 e. The molecule has 20 heavy (non-hydrogen) atoms. The molecular weight excluding hydrogens is 288 g/mol. The lowest BCUT2D eigenvalue weighted by molar-refractivity contribution is -0.141. The smallest absolute Gasteiger partial charge is 0.327 e. The maximum absolute atomic E-state index is 11.9. The SMILES string of the molecule is COC(=O)Cn1ncc(NCc2ccon2)c(Cl)c1=O. The number of hydrogen-bond acceptors (Lipinski definition) is 7. The number of ether oxygens (including phenoxy) is 1. The summed E-state index contributed by atoms with van der Waals surface area (Å²) in [6.45, 7) is 0.0387. The third kappa shape index (κ3) is 3.15. The van der Waals surface area contributed by atoms with Gasteiger partial charge in [-0.25, -0.2) is 4.68 Å². The zero-order valence-corrected chi connectivity index (χ0v) is 11.3. The number of carbonyl (C=O) groups excluding carboxylic acids is 1. The molecule has 106 valence electrons. The molecule has 2 rings (SSSR count). The average molecular weight is 299 g/mol. The highest BCUT2D eigenvalue weighted by atomic mass is 35.5. The summed E-state index contributed by atoms with van der Waals surface area (Å²) in [5.41, 5.74) is 0.419. The molecule has 0 aromatic carbocycles. The molecule has 0 amide bonds. The van der Waals surface area contributed by atoms with Gasteiger partial charge in [-0.15, -0.1) is 0 Å². The van der Waals surface area contributed by atoms with Crippen LogP contribution in [0.3, 0.4) is 0 Å². The summed E-state index contributed by atoms with van der Waals surface area (Å²) in [5, 5.41) is 10.4. The van der Waals surface area contributed by atoms with Crippen molar-refractivity contribution in [2.24, 2.45) is 0 Å². The number of esters is 1. The van der Waals surface area contributed by atoms with Crippen molar-refractivity contribution in [3.63, 3.8) is 0 Å². The van der Waals surface area contributed by atoms with Gasteiger partial charge in [-0.05, 0) is 0 Å². The Balaban J connectivity index is 2.14. The van der Waals surface area contributed by atoms with Crippen LogP contribution in [0.2, 0.25) is 5.02 Å². The third-order valence-corrected chi connectivity index (χ3v) is 2.81. The van der Waals surface area contributed by atoms with Crippen LogP contribution in [-0.4, -0.2) is 28.0 Å². The Labute approximate surface area is 118 Å². The first-order valence-electron chi connectivity index (χ1n) is 5.57. The lowest BCUT2D eigenvalue weighted by Gasteiger charge is -2.08. The van der Waals surface area contributed by atoms with E-state index in [-0.39, 0.29) is 11.6 Å². The first-order chi connectivity index (χ1) is 9.61. The molecule has 1 N–H and O–H groups in total. The van der Waals surface area contributed by atoms with E-state index in [0.717, 1.165) is 4.68 Å². The fourth-order valence-electron chi connectivity index (χ4n) is 1.40. The highest BCUT2D eigenvalue weighted by molar-refractivity contribution is 6.32. The van der Waals surface area contributed by atoms with Crippen molar-refractivity contribution in [1.82, 2.24) is 14.9 Å². The molecule has 9 heteroatoms. The largest absolute Gasteiger partial charge is 0.468 e. The van der Waals surface area contributed by atoms with Gasteiger partial charge < -0.3 is 14.6 Å². The second-order valence-corrected chi connectivity index (χ2v) is 4.13. The highest BCUT2D eigenvalue weighted by Crippen LogP contribution is 2.16. The van der Waals surface area contributed by atoms with E-state index in [1.165, 1.54) is 19.6 Å². The molecule has 0 aliphatic heterocycles. The van der Waals surface area contributed by atoms with Crippen LogP contribution in [0.5, 0.6) is 0 Å². The van der Waals surface area contributed by atoms with E-state index < -0.39 is 11.5 Å². The van der Waals surface area contributed by atoms with Crippen LogP contribution < -0.4 is 10.9 Å². The lowest BCUT2D eigenvalue weighted by atomic mass is 10.4. The number of anilines is 1. The molecule has 0 radical (unpaired) electrons. The number of nitrogens with one attached hydrogen (secondary N) is 1. The number of hydrogen-bond donors (Lipinski definition) is 1. The van der Waals surface area contributed by atoms with Gasteiger partial charge in [0.25, 0.3) is 5.56 Å². The molecule has 0 unspecified atom stereocenters. The predicted molar refractivity (Wildman–Crippen MR) is 69.4 cm³/mol. The highest BCUT2D eigenvalue weighted by Gasteiger charge is 2.12. The summed E-state index contributed by atoms with van der Waals surface area (Å²) in [7, 11) is 1.23. The van der Waals surface area contributed by atoms with Crippen LogP contribution in [0.25, 0.3) is 0 Å². The molecule has 0 aliphatic rings. The third-order valence-electron chi connectivity index (χ3n) is 2.44. The number of nitrogens with zero attached hydrogens (tertiary/aromatic N) is 3. The van der Waals surface area contributed by atoms with Crippen molar-refractivity contribution in [2.75, 3.05) is 12.4 Å². The summed E-state index contributed by atoms with van der Waals surface area (Å²) in [6, 6.07) is 1.67. The maximum atomic E-state index is 11.9. The monoisotopic (exact) mass is 298 g/mol. The van der Waals surface area contributed by atoms with Crippen molar-refractivity contribution in [3.05, 3.63) is 39.6 Å². The Bertz CT molecular complexity index is 653. The minimum absolute atomic E-state index is 0.0626. The second kappa shape index (κ2) is 6.20. The average Bonchev–Trinajstić information content (AvgIpc) is 2.96. The molecule has 0 aliphatic carbocycles. The molecule has 2 heterocycles. The van der Waals surface area contributed by atoms with Gasteiger partial charge in [0.1, 0.15) is 23.5 Å². The molecule has 2 aromatic rings. The van der Waals surface area contributed by atoms with Gasteiger partial charge in [-0.2, -0.15) is 5.10 Å². The first kappa shape index (κ1) is 14.1. The molecule has 0 atom stereocenters. The van der Waals surface area contributed by atoms with Gasteiger partial charge in [0.15, 0.2) is 0 Å². The molecule has 2 aromatic heterocycles. The Morgan fingerprint density at radius 2 is 2.40 bits per heavy atom. The van der Waals surface area contributed by atoms with Gasteiger partial charge in [-0.1, -0.05) is 16.8 Å². The number of halogens is 1. The fraction of sp³-hybridized carbons (Fsp3) is 0.273. The quantitative estimate of drug-likeness (QED) is 0.810. The van der Waals surface area contributed by atoms with E-state index >= 15 is 0 Å². The minimum atomic E-state index is -0.584. The maximum Gasteiger partial charge on any atom is 0.327 e. The summed E-state index contributed by atoms with van der Waals surface area (Å²) >= 11 is 5.93. The molecular formula is C11H11ClN4O4. The van der Waals surface area contributed by atoms with Gasteiger partial charge in [-0.3, -0.25) is 9.59 Å². The van der Waals surface area contributed by atoms with Crippen molar-refractivity contribution < 1.29 is 14.1 Å². The molecule has 0 saturated carbocycles. The Morgan fingerprint density at radius 3 is 3.05 bits per heavy atom. The van der Waals surface area contributed by atoms with Gasteiger partial charge in [0.2, 0.25) is 0 Å². The van der Waals surface area contributed by atoms with E-state index in [9.17, 15) is 9.59 Å². The number of methoxy groups -OCH3 is 1. The van der Waals surface area contributed by atoms with E-state index in [4.69, 9.17) is 11.6 Å². The summed E-state index contributed by atoms with van der Waals surface area (Å²) in [4.78, 5) is 23.0. The lowest BCUT2D eigenvalue weighted by Crippen LogP contribution is -2.28. The van der Waals surface area contributed by atoms with Crippen molar-refractivity contribution in [1.29, 1.82) is 0 Å². The van der Waals surface area contributed by atoms with Crippen LogP contribution in [0.1, 0.15) is 5.69 Å². The van der Waals surface area contributed by atoms with Gasteiger partial charge in [0.05, 0.1) is 25.5 Å². The van der Waals surface area contributed by atoms with Crippen LogP contribution >= 0.6 is 11.6 Å². The van der Waals surface area contributed by atoms with Crippen LogP contribution in [0.4, 0.5) is 5.69 Å². The van der Waals surface area contributed by atoms with Crippen molar-refractivity contribution in [2.45, 2.75) is 13.1 Å². The predicted octanol–water partition coefficient (Wildman–Crippen LogP) is 0.670. The van der Waals surface area contributed by atoms with E-state index in [1.807, 2.05) is 0 Å². The zero-order valence-electron chi connectivity index (χ0n) is 10.5. The molecule has 0 bridgehead atoms. The molecule has 0 fully saturated rings. The standard InChI is InChI=1S/C11H11ClN4O4/c1-19-9(17)6-16-11(18)10(12)8(5-14-16)13-4-7-2-3-20-15-7/h2-3,5,13H,4,6H2,1H3. The van der Waals surface area contributed by atoms with Crippen molar-refractivity contribution in [3.8, 4) is 0 Å². The van der Waals surface area contributed by atoms with Crippen molar-refractivity contribution >= 4 is 23.3 Å². The summed E-state index contributed by atoms with van der Waals surface area (Å²) in [5.74, 6) is -0.584. The first-order valence-corrected chi connectivity index (χ1v) is 5.95. The summed E-state index contributed by atoms with van der Waals surface area (Å²) < 4.78 is 10.1. The van der Waals surface area contributed by atoms with Gasteiger partial charge >= 0.3 is 5.97 Å². The zero-order chi connectivity index (χ0) is 14.5. The second-order valence-electron chi connectivity index (χ2n) is 3.76. The Kier molecular flexibility index (Phi) is 4.36. The van der Waals surface area contributed by atoms with E-state index in [0.29, 0.717) is 17.9 Å². The fourth-order valence-corrected chi connectivity index (χ4v) is 1.62. The Hall–Kier alpha value is -2.35. The van der Waals surface area contributed by atoms with E-state index in [2.05, 4.69) is 24.8 Å². The number of rotatable bonds is 5. The van der Waals surface area contributed by atoms with Crippen LogP contribution in [0.15, 0.2) is 27.8 Å².